The fraction of sp³-hybridized carbons (Fsp3) is 0.438. The highest BCUT2D eigenvalue weighted by Crippen LogP contribution is 2.26. The average Bonchev–Trinajstić information content (AvgIpc) is 2.85. The van der Waals surface area contributed by atoms with Crippen LogP contribution in [0.2, 0.25) is 0 Å². The molecule has 2 nitrogen and oxygen atoms in total. The molecule has 1 aromatic heterocycles. The van der Waals surface area contributed by atoms with Crippen molar-refractivity contribution in [1.29, 1.82) is 0 Å². The third kappa shape index (κ3) is 2.86. The van der Waals surface area contributed by atoms with Crippen molar-refractivity contribution in [2.45, 2.75) is 39.5 Å². The summed E-state index contributed by atoms with van der Waals surface area (Å²) in [4.78, 5) is 12.3. The summed E-state index contributed by atoms with van der Waals surface area (Å²) in [5.74, 6) is -0.170. The van der Waals surface area contributed by atoms with Crippen LogP contribution in [0, 0.1) is 11.7 Å². The van der Waals surface area contributed by atoms with Crippen LogP contribution >= 0.6 is 0 Å². The number of benzene rings is 1. The molecule has 0 saturated heterocycles. The van der Waals surface area contributed by atoms with Gasteiger partial charge in [0.05, 0.1) is 0 Å². The fourth-order valence-electron chi connectivity index (χ4n) is 2.32. The lowest BCUT2D eigenvalue weighted by Crippen LogP contribution is -2.13. The molecular weight excluding hydrogens is 243 g/mol. The van der Waals surface area contributed by atoms with Gasteiger partial charge in [-0.25, -0.2) is 4.39 Å². The Kier molecular flexibility index (Phi) is 4.35. The number of ketones is 1. The number of rotatable bonds is 6. The topological polar surface area (TPSA) is 30.2 Å². The van der Waals surface area contributed by atoms with Crippen LogP contribution in [0.15, 0.2) is 28.7 Å². The van der Waals surface area contributed by atoms with Gasteiger partial charge in [-0.2, -0.15) is 0 Å². The molecule has 3 heteroatoms. The number of Topliss-reactive ketones (excluding diaryl/α,β-unsaturated/α-hetero) is 1. The summed E-state index contributed by atoms with van der Waals surface area (Å²) < 4.78 is 18.9. The maximum Gasteiger partial charge on any atom is 0.201 e. The second-order valence-electron chi connectivity index (χ2n) is 4.88. The van der Waals surface area contributed by atoms with E-state index in [-0.39, 0.29) is 23.0 Å². The molecule has 0 spiro atoms. The van der Waals surface area contributed by atoms with Crippen LogP contribution in [0.1, 0.15) is 50.1 Å². The quantitative estimate of drug-likeness (QED) is 0.688. The number of para-hydroxylation sites is 1. The highest BCUT2D eigenvalue weighted by Gasteiger charge is 2.22. The summed E-state index contributed by atoms with van der Waals surface area (Å²) in [5.41, 5.74) is 0.177. The molecule has 2 rings (SSSR count). The lowest BCUT2D eigenvalue weighted by atomic mass is 9.93. The van der Waals surface area contributed by atoms with E-state index in [0.29, 0.717) is 5.39 Å². The lowest BCUT2D eigenvalue weighted by Gasteiger charge is -2.10. The monoisotopic (exact) mass is 262 g/mol. The third-order valence-corrected chi connectivity index (χ3v) is 3.51. The summed E-state index contributed by atoms with van der Waals surface area (Å²) in [6.07, 6.45) is 3.75. The van der Waals surface area contributed by atoms with Gasteiger partial charge in [-0.1, -0.05) is 38.8 Å². The lowest BCUT2D eigenvalue weighted by molar-refractivity contribution is 0.0881. The van der Waals surface area contributed by atoms with Crippen LogP contribution in [0.5, 0.6) is 0 Å². The zero-order valence-corrected chi connectivity index (χ0v) is 11.4. The van der Waals surface area contributed by atoms with Crippen molar-refractivity contribution in [3.05, 3.63) is 35.8 Å². The number of fused-ring (bicyclic) bond motifs is 1. The Hall–Kier alpha value is -1.64. The highest BCUT2D eigenvalue weighted by molar-refractivity contribution is 5.99. The largest absolute Gasteiger partial charge is 0.450 e. The Morgan fingerprint density at radius 3 is 2.79 bits per heavy atom. The SMILES string of the molecule is CCCCC(CC)C(=O)c1cc2cccc(F)c2o1. The molecule has 0 N–H and O–H groups in total. The molecule has 2 aromatic rings. The van der Waals surface area contributed by atoms with Gasteiger partial charge in [0.25, 0.3) is 0 Å². The third-order valence-electron chi connectivity index (χ3n) is 3.51. The number of furan rings is 1. The van der Waals surface area contributed by atoms with Crippen LogP contribution in [0.4, 0.5) is 4.39 Å². The molecule has 0 aliphatic heterocycles. The Balaban J connectivity index is 2.27. The maximum atomic E-state index is 13.5. The minimum absolute atomic E-state index is 0.00782. The van der Waals surface area contributed by atoms with Crippen molar-refractivity contribution in [3.8, 4) is 0 Å². The molecule has 1 heterocycles. The molecule has 0 radical (unpaired) electrons. The van der Waals surface area contributed by atoms with Gasteiger partial charge in [-0.3, -0.25) is 4.79 Å². The standard InChI is InChI=1S/C16H19FO2/c1-3-5-7-11(4-2)15(18)14-10-12-8-6-9-13(17)16(12)19-14/h6,8-11H,3-5,7H2,1-2H3. The number of carbonyl (C=O) groups excluding carboxylic acids is 1. The van der Waals surface area contributed by atoms with E-state index in [2.05, 4.69) is 6.92 Å². The summed E-state index contributed by atoms with van der Waals surface area (Å²) in [5, 5.41) is 0.647. The second kappa shape index (κ2) is 6.00. The predicted octanol–water partition coefficient (Wildman–Crippen LogP) is 4.97. The minimum Gasteiger partial charge on any atom is -0.450 e. The Morgan fingerprint density at radius 2 is 2.16 bits per heavy atom. The smallest absolute Gasteiger partial charge is 0.201 e. The molecule has 0 aliphatic carbocycles. The molecule has 0 amide bonds. The van der Waals surface area contributed by atoms with E-state index in [4.69, 9.17) is 4.42 Å². The normalized spacial score (nSPS) is 12.8. The van der Waals surface area contributed by atoms with Crippen LogP contribution in [0.3, 0.4) is 0 Å². The van der Waals surface area contributed by atoms with Gasteiger partial charge in [0.15, 0.2) is 17.2 Å². The number of unbranched alkanes of at least 4 members (excludes halogenated alkanes) is 1. The van der Waals surface area contributed by atoms with E-state index in [9.17, 15) is 9.18 Å². The van der Waals surface area contributed by atoms with Crippen molar-refractivity contribution in [2.75, 3.05) is 0 Å². The Labute approximate surface area is 112 Å². The van der Waals surface area contributed by atoms with Crippen molar-refractivity contribution in [1.82, 2.24) is 0 Å². The number of hydrogen-bond donors (Lipinski definition) is 0. The van der Waals surface area contributed by atoms with Gasteiger partial charge in [0.1, 0.15) is 0 Å². The van der Waals surface area contributed by atoms with Crippen molar-refractivity contribution in [2.24, 2.45) is 5.92 Å². The summed E-state index contributed by atoms with van der Waals surface area (Å²) in [7, 11) is 0. The molecular formula is C16H19FO2. The van der Waals surface area contributed by atoms with E-state index in [1.165, 1.54) is 6.07 Å². The molecule has 1 atom stereocenters. The number of hydrogen-bond acceptors (Lipinski definition) is 2. The van der Waals surface area contributed by atoms with Gasteiger partial charge < -0.3 is 4.42 Å². The number of carbonyl (C=O) groups is 1. The molecule has 0 fully saturated rings. The van der Waals surface area contributed by atoms with E-state index in [1.54, 1.807) is 18.2 Å². The van der Waals surface area contributed by atoms with Crippen molar-refractivity contribution >= 4 is 16.8 Å². The fourth-order valence-corrected chi connectivity index (χ4v) is 2.32. The molecule has 0 aliphatic rings. The van der Waals surface area contributed by atoms with Gasteiger partial charge in [0, 0.05) is 11.3 Å². The van der Waals surface area contributed by atoms with Gasteiger partial charge in [-0.15, -0.1) is 0 Å². The average molecular weight is 262 g/mol. The van der Waals surface area contributed by atoms with E-state index >= 15 is 0 Å². The summed E-state index contributed by atoms with van der Waals surface area (Å²) in [6, 6.07) is 6.37. The van der Waals surface area contributed by atoms with Crippen LogP contribution < -0.4 is 0 Å². The van der Waals surface area contributed by atoms with Crippen LogP contribution in [-0.2, 0) is 0 Å². The Morgan fingerprint density at radius 1 is 1.37 bits per heavy atom. The van der Waals surface area contributed by atoms with E-state index in [1.807, 2.05) is 6.92 Å². The zero-order chi connectivity index (χ0) is 13.8. The highest BCUT2D eigenvalue weighted by atomic mass is 19.1. The maximum absolute atomic E-state index is 13.5. The molecule has 1 aromatic carbocycles. The van der Waals surface area contributed by atoms with Crippen molar-refractivity contribution < 1.29 is 13.6 Å². The first-order valence-corrected chi connectivity index (χ1v) is 6.89. The first-order chi connectivity index (χ1) is 9.17. The van der Waals surface area contributed by atoms with E-state index < -0.39 is 5.82 Å². The minimum atomic E-state index is -0.418. The second-order valence-corrected chi connectivity index (χ2v) is 4.88. The molecule has 1 unspecified atom stereocenters. The zero-order valence-electron chi connectivity index (χ0n) is 11.4. The van der Waals surface area contributed by atoms with Gasteiger partial charge >= 0.3 is 0 Å². The summed E-state index contributed by atoms with van der Waals surface area (Å²) in [6.45, 7) is 4.11. The predicted molar refractivity (Wildman–Crippen MR) is 73.8 cm³/mol. The summed E-state index contributed by atoms with van der Waals surface area (Å²) >= 11 is 0. The molecule has 0 bridgehead atoms. The van der Waals surface area contributed by atoms with Crippen LogP contribution in [-0.4, -0.2) is 5.78 Å². The van der Waals surface area contributed by atoms with Gasteiger partial charge in [0.2, 0.25) is 5.78 Å². The molecule has 0 saturated carbocycles. The van der Waals surface area contributed by atoms with Crippen LogP contribution in [0.25, 0.3) is 11.0 Å². The van der Waals surface area contributed by atoms with Gasteiger partial charge in [-0.05, 0) is 25.0 Å². The van der Waals surface area contributed by atoms with Crippen molar-refractivity contribution in [3.63, 3.8) is 0 Å². The van der Waals surface area contributed by atoms with E-state index in [0.717, 1.165) is 25.7 Å². The Bertz CT molecular complexity index is 571. The molecule has 102 valence electrons. The first kappa shape index (κ1) is 13.8. The molecule has 19 heavy (non-hydrogen) atoms. The number of halogens is 1. The first-order valence-electron chi connectivity index (χ1n) is 6.89.